The molecule has 1 aliphatic rings. The monoisotopic (exact) mass is 198 g/mol. The van der Waals surface area contributed by atoms with Crippen molar-refractivity contribution in [2.24, 2.45) is 5.92 Å². The van der Waals surface area contributed by atoms with Crippen LogP contribution in [0.2, 0.25) is 0 Å². The molecule has 0 bridgehead atoms. The summed E-state index contributed by atoms with van der Waals surface area (Å²) in [7, 11) is 0. The standard InChI is InChI=1S/C11H22N2O/c1-3-12-7-9-13-8-6-10(2)4-5-11(13)14/h10,12H,3-9H2,1-2H3. The van der Waals surface area contributed by atoms with Crippen molar-refractivity contribution in [1.29, 1.82) is 0 Å². The largest absolute Gasteiger partial charge is 0.341 e. The van der Waals surface area contributed by atoms with E-state index >= 15 is 0 Å². The van der Waals surface area contributed by atoms with Crippen molar-refractivity contribution in [2.75, 3.05) is 26.2 Å². The smallest absolute Gasteiger partial charge is 0.222 e. The van der Waals surface area contributed by atoms with Crippen molar-refractivity contribution in [3.05, 3.63) is 0 Å². The maximum absolute atomic E-state index is 11.7. The van der Waals surface area contributed by atoms with E-state index in [1.54, 1.807) is 0 Å². The van der Waals surface area contributed by atoms with Crippen LogP contribution in [0.25, 0.3) is 0 Å². The van der Waals surface area contributed by atoms with E-state index in [0.717, 1.165) is 45.4 Å². The summed E-state index contributed by atoms with van der Waals surface area (Å²) in [4.78, 5) is 13.7. The van der Waals surface area contributed by atoms with E-state index in [4.69, 9.17) is 0 Å². The van der Waals surface area contributed by atoms with Gasteiger partial charge >= 0.3 is 0 Å². The maximum atomic E-state index is 11.7. The predicted octanol–water partition coefficient (Wildman–Crippen LogP) is 1.24. The predicted molar refractivity (Wildman–Crippen MR) is 58.1 cm³/mol. The molecule has 14 heavy (non-hydrogen) atoms. The first-order valence-electron chi connectivity index (χ1n) is 5.72. The van der Waals surface area contributed by atoms with Gasteiger partial charge in [0, 0.05) is 26.1 Å². The number of hydrogen-bond donors (Lipinski definition) is 1. The van der Waals surface area contributed by atoms with Gasteiger partial charge in [-0.2, -0.15) is 0 Å². The summed E-state index contributed by atoms with van der Waals surface area (Å²) >= 11 is 0. The van der Waals surface area contributed by atoms with Gasteiger partial charge in [0.25, 0.3) is 0 Å². The highest BCUT2D eigenvalue weighted by atomic mass is 16.2. The molecule has 1 atom stereocenters. The van der Waals surface area contributed by atoms with Crippen molar-refractivity contribution in [2.45, 2.75) is 33.1 Å². The highest BCUT2D eigenvalue weighted by molar-refractivity contribution is 5.76. The SMILES string of the molecule is CCNCCN1CCC(C)CCC1=O. The van der Waals surface area contributed by atoms with Gasteiger partial charge in [0.15, 0.2) is 0 Å². The highest BCUT2D eigenvalue weighted by Gasteiger charge is 2.19. The molecule has 1 rings (SSSR count). The van der Waals surface area contributed by atoms with Gasteiger partial charge in [0.05, 0.1) is 0 Å². The molecule has 1 aliphatic heterocycles. The summed E-state index contributed by atoms with van der Waals surface area (Å²) in [5.41, 5.74) is 0. The van der Waals surface area contributed by atoms with Crippen molar-refractivity contribution in [3.8, 4) is 0 Å². The van der Waals surface area contributed by atoms with E-state index in [1.807, 2.05) is 4.90 Å². The third-order valence-corrected chi connectivity index (χ3v) is 2.90. The number of hydrogen-bond acceptors (Lipinski definition) is 2. The molecule has 0 saturated carbocycles. The zero-order valence-electron chi connectivity index (χ0n) is 9.38. The van der Waals surface area contributed by atoms with Crippen molar-refractivity contribution < 1.29 is 4.79 Å². The fraction of sp³-hybridized carbons (Fsp3) is 0.909. The average molecular weight is 198 g/mol. The first kappa shape index (κ1) is 11.5. The molecule has 0 radical (unpaired) electrons. The minimum absolute atomic E-state index is 0.340. The summed E-state index contributed by atoms with van der Waals surface area (Å²) in [6, 6.07) is 0. The molecule has 3 heteroatoms. The lowest BCUT2D eigenvalue weighted by atomic mass is 10.0. The second-order valence-electron chi connectivity index (χ2n) is 4.17. The van der Waals surface area contributed by atoms with Gasteiger partial charge in [-0.1, -0.05) is 13.8 Å². The topological polar surface area (TPSA) is 32.3 Å². The van der Waals surface area contributed by atoms with Crippen LogP contribution in [0.4, 0.5) is 0 Å². The first-order chi connectivity index (χ1) is 6.74. The Balaban J connectivity index is 2.30. The highest BCUT2D eigenvalue weighted by Crippen LogP contribution is 2.16. The number of likely N-dealkylation sites (tertiary alicyclic amines) is 1. The Bertz CT molecular complexity index is 182. The zero-order chi connectivity index (χ0) is 10.4. The Kier molecular flexibility index (Phi) is 4.94. The van der Waals surface area contributed by atoms with Gasteiger partial charge < -0.3 is 10.2 Å². The van der Waals surface area contributed by atoms with E-state index in [0.29, 0.717) is 11.8 Å². The lowest BCUT2D eigenvalue weighted by Gasteiger charge is -2.20. The van der Waals surface area contributed by atoms with Crippen LogP contribution in [0.1, 0.15) is 33.1 Å². The van der Waals surface area contributed by atoms with Crippen LogP contribution in [0.3, 0.4) is 0 Å². The van der Waals surface area contributed by atoms with E-state index in [-0.39, 0.29) is 0 Å². The van der Waals surface area contributed by atoms with Crippen LogP contribution in [0.15, 0.2) is 0 Å². The molecule has 1 heterocycles. The van der Waals surface area contributed by atoms with Gasteiger partial charge in [-0.05, 0) is 25.3 Å². The molecule has 82 valence electrons. The van der Waals surface area contributed by atoms with Gasteiger partial charge in [0.2, 0.25) is 5.91 Å². The molecule has 1 amide bonds. The van der Waals surface area contributed by atoms with Crippen LogP contribution >= 0.6 is 0 Å². The number of nitrogens with zero attached hydrogens (tertiary/aromatic N) is 1. The zero-order valence-corrected chi connectivity index (χ0v) is 9.38. The molecule has 1 fully saturated rings. The van der Waals surface area contributed by atoms with Crippen molar-refractivity contribution >= 4 is 5.91 Å². The van der Waals surface area contributed by atoms with Crippen LogP contribution < -0.4 is 5.32 Å². The summed E-state index contributed by atoms with van der Waals surface area (Å²) in [6.45, 7) is 8.06. The number of likely N-dealkylation sites (N-methyl/N-ethyl adjacent to an activating group) is 1. The molecular formula is C11H22N2O. The van der Waals surface area contributed by atoms with Crippen molar-refractivity contribution in [3.63, 3.8) is 0 Å². The minimum Gasteiger partial charge on any atom is -0.341 e. The molecule has 3 nitrogen and oxygen atoms in total. The Morgan fingerprint density at radius 1 is 1.50 bits per heavy atom. The normalized spacial score (nSPS) is 23.7. The minimum atomic E-state index is 0.340. The number of carbonyl (C=O) groups excluding carboxylic acids is 1. The van der Waals surface area contributed by atoms with Crippen LogP contribution in [-0.2, 0) is 4.79 Å². The van der Waals surface area contributed by atoms with Gasteiger partial charge in [-0.3, -0.25) is 4.79 Å². The number of amides is 1. The summed E-state index contributed by atoms with van der Waals surface area (Å²) in [5.74, 6) is 1.05. The lowest BCUT2D eigenvalue weighted by molar-refractivity contribution is -0.130. The average Bonchev–Trinajstić information content (AvgIpc) is 2.33. The van der Waals surface area contributed by atoms with Crippen LogP contribution in [-0.4, -0.2) is 37.0 Å². The Morgan fingerprint density at radius 2 is 2.29 bits per heavy atom. The number of nitrogens with one attached hydrogen (secondary N) is 1. The quantitative estimate of drug-likeness (QED) is 0.689. The third-order valence-electron chi connectivity index (χ3n) is 2.90. The van der Waals surface area contributed by atoms with Crippen LogP contribution in [0, 0.1) is 5.92 Å². The van der Waals surface area contributed by atoms with Crippen molar-refractivity contribution in [1.82, 2.24) is 10.2 Å². The molecule has 0 spiro atoms. The molecule has 1 N–H and O–H groups in total. The molecule has 0 aromatic carbocycles. The molecule has 0 aromatic rings. The Labute approximate surface area is 86.9 Å². The molecular weight excluding hydrogens is 176 g/mol. The first-order valence-corrected chi connectivity index (χ1v) is 5.72. The fourth-order valence-electron chi connectivity index (χ4n) is 1.80. The van der Waals surface area contributed by atoms with Gasteiger partial charge in [-0.25, -0.2) is 0 Å². The molecule has 1 unspecified atom stereocenters. The molecule has 0 aliphatic carbocycles. The number of rotatable bonds is 4. The van der Waals surface area contributed by atoms with Gasteiger partial charge in [-0.15, -0.1) is 0 Å². The fourth-order valence-corrected chi connectivity index (χ4v) is 1.80. The number of carbonyl (C=O) groups is 1. The van der Waals surface area contributed by atoms with E-state index < -0.39 is 0 Å². The maximum Gasteiger partial charge on any atom is 0.222 e. The second kappa shape index (κ2) is 6.02. The van der Waals surface area contributed by atoms with Gasteiger partial charge in [0.1, 0.15) is 0 Å². The van der Waals surface area contributed by atoms with E-state index in [1.165, 1.54) is 0 Å². The molecule has 0 aromatic heterocycles. The lowest BCUT2D eigenvalue weighted by Crippen LogP contribution is -2.36. The van der Waals surface area contributed by atoms with E-state index in [9.17, 15) is 4.79 Å². The molecule has 1 saturated heterocycles. The summed E-state index contributed by atoms with van der Waals surface area (Å²) < 4.78 is 0. The Hall–Kier alpha value is -0.570. The second-order valence-corrected chi connectivity index (χ2v) is 4.17. The summed E-state index contributed by atoms with van der Waals surface area (Å²) in [6.07, 6.45) is 2.97. The van der Waals surface area contributed by atoms with E-state index in [2.05, 4.69) is 19.2 Å². The third kappa shape index (κ3) is 3.66. The summed E-state index contributed by atoms with van der Waals surface area (Å²) in [5, 5.41) is 3.25. The Morgan fingerprint density at radius 3 is 3.00 bits per heavy atom. The van der Waals surface area contributed by atoms with Crippen LogP contribution in [0.5, 0.6) is 0 Å².